The molecule has 0 unspecified atom stereocenters. The molecule has 0 atom stereocenters. The summed E-state index contributed by atoms with van der Waals surface area (Å²) in [4.78, 5) is 7.79. The van der Waals surface area contributed by atoms with E-state index in [9.17, 15) is 0 Å². The highest BCUT2D eigenvalue weighted by atomic mass is 32.2. The summed E-state index contributed by atoms with van der Waals surface area (Å²) in [5.74, 6) is 1.50. The third-order valence-electron chi connectivity index (χ3n) is 13.9. The summed E-state index contributed by atoms with van der Waals surface area (Å²) in [5.41, 5.74) is 19.4. The van der Waals surface area contributed by atoms with Gasteiger partial charge in [0.2, 0.25) is 13.4 Å². The second-order valence-electron chi connectivity index (χ2n) is 17.0. The van der Waals surface area contributed by atoms with E-state index < -0.39 is 0 Å². The molecule has 0 aliphatic carbocycles. The maximum atomic E-state index is 7.54. The fourth-order valence-electron chi connectivity index (χ4n) is 11.5. The van der Waals surface area contributed by atoms with Crippen LogP contribution in [0.4, 0.5) is 17.1 Å². The van der Waals surface area contributed by atoms with Crippen LogP contribution in [0.15, 0.2) is 192 Å². The molecule has 0 N–H and O–H groups in total. The van der Waals surface area contributed by atoms with Crippen LogP contribution in [0.2, 0.25) is 0 Å². The van der Waals surface area contributed by atoms with Gasteiger partial charge in [-0.05, 0) is 62.3 Å². The average molecular weight is 824 g/mol. The summed E-state index contributed by atoms with van der Waals surface area (Å²) in [5, 5.41) is 4.29. The summed E-state index contributed by atoms with van der Waals surface area (Å²) < 4.78 is 21.3. The first-order valence-electron chi connectivity index (χ1n) is 21.1. The van der Waals surface area contributed by atoms with Crippen molar-refractivity contribution in [3.8, 4) is 33.8 Å². The molecule has 9 aromatic carbocycles. The fraction of sp³-hybridized carbons (Fsp3) is 0. The summed E-state index contributed by atoms with van der Waals surface area (Å²) in [6, 6.07) is 59.7. The van der Waals surface area contributed by atoms with Gasteiger partial charge in [0.1, 0.15) is 11.2 Å². The van der Waals surface area contributed by atoms with Gasteiger partial charge in [-0.2, -0.15) is 0 Å². The number of nitrogens with zero attached hydrogens (tertiary/aromatic N) is 1. The van der Waals surface area contributed by atoms with Gasteiger partial charge >= 0.3 is 0 Å². The van der Waals surface area contributed by atoms with Gasteiger partial charge in [0.05, 0.1) is 11.4 Å². The van der Waals surface area contributed by atoms with Gasteiger partial charge in [-0.3, -0.25) is 0 Å². The van der Waals surface area contributed by atoms with Crippen LogP contribution in [-0.4, -0.2) is 13.4 Å². The number of fused-ring (bicyclic) bond motifs is 14. The Bertz CT molecular complexity index is 3630. The van der Waals surface area contributed by atoms with Crippen molar-refractivity contribution in [2.24, 2.45) is 0 Å². The van der Waals surface area contributed by atoms with Crippen molar-refractivity contribution < 1.29 is 13.6 Å². The highest BCUT2D eigenvalue weighted by Crippen LogP contribution is 2.59. The first-order valence-corrected chi connectivity index (χ1v) is 22.8. The molecule has 4 nitrogen and oxygen atoms in total. The molecule has 16 rings (SSSR count). The molecule has 5 aliphatic rings. The van der Waals surface area contributed by atoms with Crippen molar-refractivity contribution in [1.29, 1.82) is 0 Å². The summed E-state index contributed by atoms with van der Waals surface area (Å²) >= 11 is 3.87. The third-order valence-corrected chi connectivity index (χ3v) is 16.4. The van der Waals surface area contributed by atoms with Crippen LogP contribution in [0.1, 0.15) is 0 Å². The number of rotatable bonds is 2. The average Bonchev–Trinajstić information content (AvgIpc) is 3.90. The SMILES string of the molecule is c1ccc(-c2cccc3c2Sc2cc4c5c6c2B3c2cc3c(oc7ccccc73)c3c2N6c2c(cc6c(oc7ccccc76)c2O3)B5c2cccc(-c3ccccc3)c2S4)cc1. The predicted octanol–water partition coefficient (Wildman–Crippen LogP) is 11.0. The highest BCUT2D eigenvalue weighted by molar-refractivity contribution is 8.01. The molecule has 7 heterocycles. The maximum absolute atomic E-state index is 7.54. The zero-order valence-electron chi connectivity index (χ0n) is 32.7. The lowest BCUT2D eigenvalue weighted by atomic mass is 9.30. The van der Waals surface area contributed by atoms with Crippen LogP contribution >= 0.6 is 23.5 Å². The van der Waals surface area contributed by atoms with E-state index in [4.69, 9.17) is 13.6 Å². The molecule has 5 aliphatic heterocycles. The molecule has 0 bridgehead atoms. The molecule has 0 saturated heterocycles. The van der Waals surface area contributed by atoms with Gasteiger partial charge in [-0.25, -0.2) is 0 Å². The van der Waals surface area contributed by atoms with Crippen molar-refractivity contribution in [3.05, 3.63) is 164 Å². The zero-order valence-corrected chi connectivity index (χ0v) is 34.4. The fourth-order valence-corrected chi connectivity index (χ4v) is 14.2. The van der Waals surface area contributed by atoms with Crippen LogP contribution in [0.25, 0.3) is 66.1 Å². The molecule has 0 saturated carbocycles. The van der Waals surface area contributed by atoms with Gasteiger partial charge < -0.3 is 18.5 Å². The Labute approximate surface area is 364 Å². The van der Waals surface area contributed by atoms with E-state index >= 15 is 0 Å². The zero-order chi connectivity index (χ0) is 39.9. The minimum atomic E-state index is -0.0439. The molecular formula is C54H27B2NO3S2. The Morgan fingerprint density at radius 2 is 0.871 bits per heavy atom. The molecule has 0 spiro atoms. The van der Waals surface area contributed by atoms with Crippen LogP contribution in [-0.2, 0) is 0 Å². The normalized spacial score (nSPS) is 14.4. The first-order chi connectivity index (χ1) is 30.8. The smallest absolute Gasteiger partial charge is 0.249 e. The molecule has 11 aromatic rings. The van der Waals surface area contributed by atoms with Crippen molar-refractivity contribution in [1.82, 2.24) is 0 Å². The predicted molar refractivity (Wildman–Crippen MR) is 257 cm³/mol. The summed E-state index contributed by atoms with van der Waals surface area (Å²) in [6.07, 6.45) is 0. The van der Waals surface area contributed by atoms with Gasteiger partial charge in [0.15, 0.2) is 22.7 Å². The minimum Gasteiger partial charge on any atom is -0.452 e. The van der Waals surface area contributed by atoms with Crippen LogP contribution in [0.3, 0.4) is 0 Å². The number of anilines is 3. The Balaban J connectivity index is 1.09. The summed E-state index contributed by atoms with van der Waals surface area (Å²) in [6.45, 7) is -0.0878. The quantitative estimate of drug-likeness (QED) is 0.162. The van der Waals surface area contributed by atoms with E-state index in [0.29, 0.717) is 0 Å². The molecule has 2 aromatic heterocycles. The lowest BCUT2D eigenvalue weighted by Gasteiger charge is -2.49. The number of para-hydroxylation sites is 2. The summed E-state index contributed by atoms with van der Waals surface area (Å²) in [7, 11) is 0. The van der Waals surface area contributed by atoms with Gasteiger partial charge in [0, 0.05) is 46.8 Å². The van der Waals surface area contributed by atoms with E-state index in [0.717, 1.165) is 66.8 Å². The van der Waals surface area contributed by atoms with Crippen molar-refractivity contribution >= 4 is 131 Å². The van der Waals surface area contributed by atoms with E-state index in [1.165, 1.54) is 80.3 Å². The second-order valence-corrected chi connectivity index (χ2v) is 19.1. The Kier molecular flexibility index (Phi) is 6.06. The number of ether oxygens (including phenoxy) is 1. The lowest BCUT2D eigenvalue weighted by Crippen LogP contribution is -2.67. The topological polar surface area (TPSA) is 38.8 Å². The molecule has 0 radical (unpaired) electrons. The van der Waals surface area contributed by atoms with Crippen molar-refractivity contribution in [3.63, 3.8) is 0 Å². The molecule has 284 valence electrons. The number of furan rings is 2. The van der Waals surface area contributed by atoms with E-state index in [2.05, 4.69) is 157 Å². The first kappa shape index (κ1) is 32.7. The van der Waals surface area contributed by atoms with E-state index in [1.54, 1.807) is 0 Å². The Morgan fingerprint density at radius 3 is 1.37 bits per heavy atom. The number of benzene rings is 9. The van der Waals surface area contributed by atoms with Gasteiger partial charge in [-0.15, -0.1) is 0 Å². The highest BCUT2D eigenvalue weighted by Gasteiger charge is 2.54. The molecular weight excluding hydrogens is 796 g/mol. The van der Waals surface area contributed by atoms with E-state index in [-0.39, 0.29) is 13.4 Å². The minimum absolute atomic E-state index is 0.0439. The Morgan fingerprint density at radius 1 is 0.403 bits per heavy atom. The van der Waals surface area contributed by atoms with E-state index in [1.807, 2.05) is 35.7 Å². The van der Waals surface area contributed by atoms with Crippen molar-refractivity contribution in [2.45, 2.75) is 19.6 Å². The van der Waals surface area contributed by atoms with Crippen LogP contribution in [0.5, 0.6) is 11.5 Å². The lowest BCUT2D eigenvalue weighted by molar-refractivity contribution is 0.466. The Hall–Kier alpha value is -6.99. The second kappa shape index (κ2) is 11.5. The largest absolute Gasteiger partial charge is 0.452 e. The third kappa shape index (κ3) is 3.93. The molecule has 62 heavy (non-hydrogen) atoms. The van der Waals surface area contributed by atoms with Gasteiger partial charge in [0.25, 0.3) is 0 Å². The monoisotopic (exact) mass is 823 g/mol. The number of hydrogen-bond donors (Lipinski definition) is 0. The number of hydrogen-bond acceptors (Lipinski definition) is 6. The van der Waals surface area contributed by atoms with Gasteiger partial charge in [-0.1, -0.05) is 180 Å². The maximum Gasteiger partial charge on any atom is 0.249 e. The van der Waals surface area contributed by atoms with Crippen LogP contribution in [0, 0.1) is 0 Å². The molecule has 0 amide bonds. The molecule has 8 heteroatoms. The van der Waals surface area contributed by atoms with Crippen molar-refractivity contribution in [2.75, 3.05) is 4.90 Å². The van der Waals surface area contributed by atoms with Crippen LogP contribution < -0.4 is 42.4 Å². The molecule has 0 fully saturated rings. The standard InChI is InChI=1S/C54H27B2NO3S2/c1-3-13-28(14-4-1)30-19-11-21-36-53(30)61-42-27-43-45-48-44(42)55(36)38-25-34-32-17-7-9-23-40(32)58-49(34)51-46(38)57(48)47-39(26-35-33-18-8-10-24-41(33)59-50(35)52(47)60-51)56(45)37-22-12-20-31(54(37)62-43)29-15-5-2-6-16-29/h1-27H.